The average molecular weight is 251 g/mol. The molecule has 1 aliphatic heterocycles. The van der Waals surface area contributed by atoms with Gasteiger partial charge in [0.05, 0.1) is 11.8 Å². The number of allylic oxidation sites excluding steroid dienone is 2. The number of likely N-dealkylation sites (N-methyl/N-ethyl adjacent to an activating group) is 1. The normalized spacial score (nSPS) is 30.3. The molecule has 1 heterocycles. The van der Waals surface area contributed by atoms with Crippen molar-refractivity contribution in [2.75, 3.05) is 32.7 Å². The largest absolute Gasteiger partial charge is 0.411 e. The quantitative estimate of drug-likeness (QED) is 0.463. The van der Waals surface area contributed by atoms with Crippen LogP contribution in [0.15, 0.2) is 17.3 Å². The van der Waals surface area contributed by atoms with Gasteiger partial charge in [0.25, 0.3) is 0 Å². The number of hydrogen-bond acceptors (Lipinski definition) is 4. The van der Waals surface area contributed by atoms with Gasteiger partial charge in [0, 0.05) is 26.2 Å². The Morgan fingerprint density at radius 3 is 2.61 bits per heavy atom. The molecule has 4 nitrogen and oxygen atoms in total. The molecule has 1 saturated heterocycles. The molecule has 1 atom stereocenters. The van der Waals surface area contributed by atoms with Gasteiger partial charge in [0.2, 0.25) is 0 Å². The van der Waals surface area contributed by atoms with E-state index in [1.165, 1.54) is 0 Å². The van der Waals surface area contributed by atoms with Gasteiger partial charge >= 0.3 is 0 Å². The minimum Gasteiger partial charge on any atom is -0.411 e. The lowest BCUT2D eigenvalue weighted by Crippen LogP contribution is -2.52. The summed E-state index contributed by atoms with van der Waals surface area (Å²) in [5.74, 6) is 0. The van der Waals surface area contributed by atoms with Crippen LogP contribution in [0.3, 0.4) is 0 Å². The van der Waals surface area contributed by atoms with Gasteiger partial charge in [-0.2, -0.15) is 0 Å². The van der Waals surface area contributed by atoms with Crippen LogP contribution < -0.4 is 0 Å². The summed E-state index contributed by atoms with van der Waals surface area (Å²) < 4.78 is 0. The maximum Gasteiger partial charge on any atom is 0.0745 e. The van der Waals surface area contributed by atoms with Crippen LogP contribution in [0.2, 0.25) is 0 Å². The number of rotatable bonds is 2. The van der Waals surface area contributed by atoms with Crippen molar-refractivity contribution >= 4 is 5.71 Å². The van der Waals surface area contributed by atoms with E-state index in [2.05, 4.69) is 34.0 Å². The summed E-state index contributed by atoms with van der Waals surface area (Å²) in [5, 5.41) is 12.8. The van der Waals surface area contributed by atoms with E-state index in [9.17, 15) is 5.21 Å². The standard InChI is InChI=1S/C14H25N3O/c1-2-16-9-11-17(12-10-16)14-8-6-4-3-5-7-13(14)15-18/h3-4,14,18H,2,5-12H2,1H3/b4-3?,15-13-/t14-/m1/s1. The molecule has 102 valence electrons. The summed E-state index contributed by atoms with van der Waals surface area (Å²) in [4.78, 5) is 4.98. The summed E-state index contributed by atoms with van der Waals surface area (Å²) in [6.07, 6.45) is 8.55. The molecule has 0 radical (unpaired) electrons. The maximum atomic E-state index is 9.23. The van der Waals surface area contributed by atoms with E-state index in [4.69, 9.17) is 0 Å². The van der Waals surface area contributed by atoms with Crippen LogP contribution in [0.1, 0.15) is 32.6 Å². The predicted octanol–water partition coefficient (Wildman–Crippen LogP) is 1.95. The van der Waals surface area contributed by atoms with Crippen LogP contribution in [0.4, 0.5) is 0 Å². The first-order valence-corrected chi connectivity index (χ1v) is 7.17. The molecule has 0 aromatic heterocycles. The maximum absolute atomic E-state index is 9.23. The minimum absolute atomic E-state index is 0.346. The Bertz CT molecular complexity index is 306. The Morgan fingerprint density at radius 1 is 1.22 bits per heavy atom. The highest BCUT2D eigenvalue weighted by Gasteiger charge is 2.27. The highest BCUT2D eigenvalue weighted by Crippen LogP contribution is 2.18. The summed E-state index contributed by atoms with van der Waals surface area (Å²) in [6, 6.07) is 0.346. The van der Waals surface area contributed by atoms with Gasteiger partial charge < -0.3 is 10.1 Å². The minimum atomic E-state index is 0.346. The monoisotopic (exact) mass is 251 g/mol. The zero-order valence-electron chi connectivity index (χ0n) is 11.4. The van der Waals surface area contributed by atoms with Crippen LogP contribution in [0, 0.1) is 0 Å². The molecule has 2 rings (SSSR count). The van der Waals surface area contributed by atoms with Crippen LogP contribution in [-0.4, -0.2) is 59.5 Å². The van der Waals surface area contributed by atoms with Crippen LogP contribution in [0.5, 0.6) is 0 Å². The Labute approximate surface area is 110 Å². The highest BCUT2D eigenvalue weighted by molar-refractivity contribution is 5.89. The Balaban J connectivity index is 1.98. The van der Waals surface area contributed by atoms with Crippen molar-refractivity contribution in [1.82, 2.24) is 9.80 Å². The van der Waals surface area contributed by atoms with E-state index in [0.29, 0.717) is 6.04 Å². The summed E-state index contributed by atoms with van der Waals surface area (Å²) in [7, 11) is 0. The second kappa shape index (κ2) is 6.90. The fourth-order valence-electron chi connectivity index (χ4n) is 2.96. The second-order valence-electron chi connectivity index (χ2n) is 5.16. The SMILES string of the molecule is CCN1CCN([C@@H]2CCC=CCC/C2=N/O)CC1. The van der Waals surface area contributed by atoms with Gasteiger partial charge in [-0.05, 0) is 32.2 Å². The molecule has 1 aliphatic carbocycles. The van der Waals surface area contributed by atoms with Crippen molar-refractivity contribution in [2.24, 2.45) is 5.16 Å². The molecule has 0 spiro atoms. The van der Waals surface area contributed by atoms with Crippen LogP contribution in [-0.2, 0) is 0 Å². The van der Waals surface area contributed by atoms with Crippen molar-refractivity contribution in [1.29, 1.82) is 0 Å². The average Bonchev–Trinajstić information content (AvgIpc) is 2.39. The molecule has 4 heteroatoms. The number of nitrogens with zero attached hydrogens (tertiary/aromatic N) is 3. The van der Waals surface area contributed by atoms with Crippen LogP contribution >= 0.6 is 0 Å². The molecule has 0 unspecified atom stereocenters. The molecule has 18 heavy (non-hydrogen) atoms. The second-order valence-corrected chi connectivity index (χ2v) is 5.16. The fraction of sp³-hybridized carbons (Fsp3) is 0.786. The van der Waals surface area contributed by atoms with E-state index >= 15 is 0 Å². The molecule has 2 aliphatic rings. The third kappa shape index (κ3) is 3.33. The van der Waals surface area contributed by atoms with E-state index in [0.717, 1.165) is 64.1 Å². The Morgan fingerprint density at radius 2 is 1.94 bits per heavy atom. The van der Waals surface area contributed by atoms with E-state index in [1.54, 1.807) is 0 Å². The Kier molecular flexibility index (Phi) is 5.20. The first kappa shape index (κ1) is 13.6. The van der Waals surface area contributed by atoms with Gasteiger partial charge in [-0.1, -0.05) is 24.2 Å². The zero-order valence-corrected chi connectivity index (χ0v) is 11.4. The van der Waals surface area contributed by atoms with Gasteiger partial charge in [0.1, 0.15) is 0 Å². The van der Waals surface area contributed by atoms with E-state index in [-0.39, 0.29) is 0 Å². The van der Waals surface area contributed by atoms with Crippen molar-refractivity contribution in [3.63, 3.8) is 0 Å². The van der Waals surface area contributed by atoms with E-state index < -0.39 is 0 Å². The summed E-state index contributed by atoms with van der Waals surface area (Å²) in [5.41, 5.74) is 0.976. The van der Waals surface area contributed by atoms with E-state index in [1.807, 2.05) is 0 Å². The summed E-state index contributed by atoms with van der Waals surface area (Å²) >= 11 is 0. The number of piperazine rings is 1. The van der Waals surface area contributed by atoms with Gasteiger partial charge in [-0.3, -0.25) is 4.90 Å². The highest BCUT2D eigenvalue weighted by atomic mass is 16.4. The Hall–Kier alpha value is -0.870. The third-order valence-electron chi connectivity index (χ3n) is 4.15. The fourth-order valence-corrected chi connectivity index (χ4v) is 2.96. The molecule has 0 aromatic rings. The number of hydrogen-bond donors (Lipinski definition) is 1. The van der Waals surface area contributed by atoms with Gasteiger partial charge in [-0.15, -0.1) is 0 Å². The molecular formula is C14H25N3O. The smallest absolute Gasteiger partial charge is 0.0745 e. The first-order valence-electron chi connectivity index (χ1n) is 7.17. The zero-order chi connectivity index (χ0) is 12.8. The lowest BCUT2D eigenvalue weighted by molar-refractivity contribution is 0.116. The van der Waals surface area contributed by atoms with Crippen molar-refractivity contribution in [3.05, 3.63) is 12.2 Å². The molecule has 1 fully saturated rings. The molecular weight excluding hydrogens is 226 g/mol. The van der Waals surface area contributed by atoms with Crippen molar-refractivity contribution < 1.29 is 5.21 Å². The van der Waals surface area contributed by atoms with Gasteiger partial charge in [0.15, 0.2) is 0 Å². The predicted molar refractivity (Wildman–Crippen MR) is 74.3 cm³/mol. The molecule has 1 N–H and O–H groups in total. The van der Waals surface area contributed by atoms with Gasteiger partial charge in [-0.25, -0.2) is 0 Å². The molecule has 0 saturated carbocycles. The molecule has 0 aromatic carbocycles. The molecule has 0 amide bonds. The third-order valence-corrected chi connectivity index (χ3v) is 4.15. The number of oxime groups is 1. The van der Waals surface area contributed by atoms with Crippen molar-refractivity contribution in [2.45, 2.75) is 38.6 Å². The summed E-state index contributed by atoms with van der Waals surface area (Å²) in [6.45, 7) is 7.84. The topological polar surface area (TPSA) is 39.1 Å². The molecule has 0 bridgehead atoms. The van der Waals surface area contributed by atoms with Crippen LogP contribution in [0.25, 0.3) is 0 Å². The first-order chi connectivity index (χ1) is 8.85. The van der Waals surface area contributed by atoms with Crippen molar-refractivity contribution in [3.8, 4) is 0 Å². The lowest BCUT2D eigenvalue weighted by atomic mass is 9.96. The lowest BCUT2D eigenvalue weighted by Gasteiger charge is -2.39.